The Balaban J connectivity index is 1.80. The number of esters is 1. The molecule has 0 aromatic heterocycles. The Kier molecular flexibility index (Phi) is 6.30. The summed E-state index contributed by atoms with van der Waals surface area (Å²) in [4.78, 5) is 23.5. The Morgan fingerprint density at radius 3 is 2.48 bits per heavy atom. The van der Waals surface area contributed by atoms with Gasteiger partial charge >= 0.3 is 5.97 Å². The van der Waals surface area contributed by atoms with Gasteiger partial charge in [0.15, 0.2) is 12.7 Å². The van der Waals surface area contributed by atoms with Gasteiger partial charge in [-0.1, -0.05) is 11.6 Å². The Morgan fingerprint density at radius 2 is 1.84 bits per heavy atom. The summed E-state index contributed by atoms with van der Waals surface area (Å²) in [6, 6.07) is 8.76. The van der Waals surface area contributed by atoms with E-state index in [-0.39, 0.29) is 16.5 Å². The molecule has 25 heavy (non-hydrogen) atoms. The van der Waals surface area contributed by atoms with Crippen molar-refractivity contribution in [3.63, 3.8) is 0 Å². The van der Waals surface area contributed by atoms with Crippen molar-refractivity contribution in [1.29, 1.82) is 0 Å². The number of hydrogen-bond acceptors (Lipinski definition) is 4. The lowest BCUT2D eigenvalue weighted by atomic mass is 10.3. The number of carbonyl (C=O) groups excluding carboxylic acids is 2. The molecule has 0 saturated carbocycles. The maximum Gasteiger partial charge on any atom is 0.347 e. The quantitative estimate of drug-likeness (QED) is 0.791. The Morgan fingerprint density at radius 1 is 1.16 bits per heavy atom. The summed E-state index contributed by atoms with van der Waals surface area (Å²) in [6.07, 6.45) is -0.987. The number of nitrogens with one attached hydrogen (secondary N) is 1. The van der Waals surface area contributed by atoms with Crippen LogP contribution in [0.2, 0.25) is 5.02 Å². The van der Waals surface area contributed by atoms with Crippen LogP contribution in [-0.2, 0) is 14.3 Å². The minimum Gasteiger partial charge on any atom is -0.479 e. The molecule has 0 aliphatic carbocycles. The highest BCUT2D eigenvalue weighted by Gasteiger charge is 2.18. The van der Waals surface area contributed by atoms with E-state index in [1.54, 1.807) is 0 Å². The van der Waals surface area contributed by atoms with Crippen molar-refractivity contribution in [2.24, 2.45) is 0 Å². The zero-order valence-corrected chi connectivity index (χ0v) is 13.8. The third kappa shape index (κ3) is 5.72. The van der Waals surface area contributed by atoms with Gasteiger partial charge in [-0.15, -0.1) is 0 Å². The second-order valence-electron chi connectivity index (χ2n) is 5.00. The van der Waals surface area contributed by atoms with Crippen LogP contribution in [0.4, 0.5) is 14.5 Å². The monoisotopic (exact) mass is 369 g/mol. The second kappa shape index (κ2) is 8.43. The van der Waals surface area contributed by atoms with Crippen LogP contribution in [0, 0.1) is 11.6 Å². The molecule has 1 N–H and O–H groups in total. The number of amides is 1. The Hall–Kier alpha value is -2.67. The number of ether oxygens (including phenoxy) is 2. The molecule has 0 aliphatic rings. The first-order valence-electron chi connectivity index (χ1n) is 7.19. The molecule has 8 heteroatoms. The van der Waals surface area contributed by atoms with Gasteiger partial charge in [-0.2, -0.15) is 0 Å². The van der Waals surface area contributed by atoms with Gasteiger partial charge in [-0.25, -0.2) is 13.6 Å². The fourth-order valence-electron chi connectivity index (χ4n) is 1.79. The summed E-state index contributed by atoms with van der Waals surface area (Å²) >= 11 is 5.60. The van der Waals surface area contributed by atoms with E-state index in [0.717, 1.165) is 6.07 Å². The first kappa shape index (κ1) is 18.7. The normalized spacial score (nSPS) is 11.5. The molecule has 2 aromatic rings. The van der Waals surface area contributed by atoms with Gasteiger partial charge in [0.05, 0.1) is 5.02 Å². The van der Waals surface area contributed by atoms with Crippen LogP contribution in [-0.4, -0.2) is 24.6 Å². The molecule has 0 heterocycles. The van der Waals surface area contributed by atoms with Gasteiger partial charge in [0.2, 0.25) is 0 Å². The lowest BCUT2D eigenvalue weighted by molar-refractivity contribution is -0.153. The van der Waals surface area contributed by atoms with E-state index in [1.807, 2.05) is 0 Å². The van der Waals surface area contributed by atoms with Gasteiger partial charge < -0.3 is 14.8 Å². The van der Waals surface area contributed by atoms with Crippen molar-refractivity contribution in [2.75, 3.05) is 11.9 Å². The smallest absolute Gasteiger partial charge is 0.347 e. The van der Waals surface area contributed by atoms with Crippen LogP contribution in [0.1, 0.15) is 6.92 Å². The fraction of sp³-hybridized carbons (Fsp3) is 0.176. The van der Waals surface area contributed by atoms with Crippen molar-refractivity contribution in [3.05, 3.63) is 59.1 Å². The molecule has 0 fully saturated rings. The summed E-state index contributed by atoms with van der Waals surface area (Å²) in [6.45, 7) is 0.883. The van der Waals surface area contributed by atoms with Crippen LogP contribution in [0.25, 0.3) is 0 Å². The number of halogens is 3. The fourth-order valence-corrected chi connectivity index (χ4v) is 1.97. The SMILES string of the molecule is C[C@@H](Oc1ccc(F)cc1)C(=O)OCC(=O)Nc1ccc(F)c(Cl)c1. The summed E-state index contributed by atoms with van der Waals surface area (Å²) in [5.74, 6) is -2.14. The number of rotatable bonds is 6. The molecule has 2 rings (SSSR count). The van der Waals surface area contributed by atoms with Crippen molar-refractivity contribution in [1.82, 2.24) is 0 Å². The van der Waals surface area contributed by atoms with E-state index in [0.29, 0.717) is 0 Å². The van der Waals surface area contributed by atoms with Crippen molar-refractivity contribution in [3.8, 4) is 5.75 Å². The molecule has 0 saturated heterocycles. The third-order valence-corrected chi connectivity index (χ3v) is 3.30. The predicted molar refractivity (Wildman–Crippen MR) is 87.5 cm³/mol. The van der Waals surface area contributed by atoms with E-state index in [9.17, 15) is 18.4 Å². The summed E-state index contributed by atoms with van der Waals surface area (Å²) in [7, 11) is 0. The number of benzene rings is 2. The van der Waals surface area contributed by atoms with E-state index in [4.69, 9.17) is 21.1 Å². The molecule has 0 unspecified atom stereocenters. The van der Waals surface area contributed by atoms with E-state index < -0.39 is 36.2 Å². The van der Waals surface area contributed by atoms with Crippen molar-refractivity contribution in [2.45, 2.75) is 13.0 Å². The topological polar surface area (TPSA) is 64.6 Å². The van der Waals surface area contributed by atoms with E-state index in [2.05, 4.69) is 5.32 Å². The molecule has 132 valence electrons. The van der Waals surface area contributed by atoms with Gasteiger partial charge in [-0.3, -0.25) is 4.79 Å². The average molecular weight is 370 g/mol. The first-order chi connectivity index (χ1) is 11.8. The summed E-state index contributed by atoms with van der Waals surface area (Å²) in [5, 5.41) is 2.27. The van der Waals surface area contributed by atoms with Crippen LogP contribution >= 0.6 is 11.6 Å². The van der Waals surface area contributed by atoms with Crippen LogP contribution in [0.5, 0.6) is 5.75 Å². The molecule has 0 bridgehead atoms. The molecule has 0 spiro atoms. The predicted octanol–water partition coefficient (Wildman–Crippen LogP) is 3.57. The standard InChI is InChI=1S/C17H14ClF2NO4/c1-10(25-13-5-2-11(19)3-6-13)17(23)24-9-16(22)21-12-4-7-15(20)14(18)8-12/h2-8,10H,9H2,1H3,(H,21,22)/t10-/m1/s1. The van der Waals surface area contributed by atoms with Gasteiger partial charge in [-0.05, 0) is 49.4 Å². The summed E-state index contributed by atoms with van der Waals surface area (Å²) in [5.41, 5.74) is 0.267. The van der Waals surface area contributed by atoms with Crippen LogP contribution < -0.4 is 10.1 Å². The van der Waals surface area contributed by atoms with Crippen molar-refractivity contribution >= 4 is 29.2 Å². The highest BCUT2D eigenvalue weighted by molar-refractivity contribution is 6.31. The van der Waals surface area contributed by atoms with Crippen LogP contribution in [0.15, 0.2) is 42.5 Å². The second-order valence-corrected chi connectivity index (χ2v) is 5.41. The Labute approximate surface area is 147 Å². The molecular formula is C17H14ClF2NO4. The molecule has 0 aliphatic heterocycles. The molecule has 0 radical (unpaired) electrons. The minimum absolute atomic E-state index is 0.142. The lowest BCUT2D eigenvalue weighted by Gasteiger charge is -2.14. The first-order valence-corrected chi connectivity index (χ1v) is 7.56. The molecule has 1 amide bonds. The maximum atomic E-state index is 13.0. The van der Waals surface area contributed by atoms with Gasteiger partial charge in [0.1, 0.15) is 17.4 Å². The number of hydrogen-bond donors (Lipinski definition) is 1. The van der Waals surface area contributed by atoms with Crippen LogP contribution in [0.3, 0.4) is 0 Å². The third-order valence-electron chi connectivity index (χ3n) is 3.01. The minimum atomic E-state index is -0.987. The average Bonchev–Trinajstić information content (AvgIpc) is 2.58. The largest absolute Gasteiger partial charge is 0.479 e. The molecule has 5 nitrogen and oxygen atoms in total. The van der Waals surface area contributed by atoms with Crippen molar-refractivity contribution < 1.29 is 27.8 Å². The Bertz CT molecular complexity index is 768. The summed E-state index contributed by atoms with van der Waals surface area (Å²) < 4.78 is 35.9. The zero-order chi connectivity index (χ0) is 18.4. The van der Waals surface area contributed by atoms with Gasteiger partial charge in [0.25, 0.3) is 5.91 Å². The lowest BCUT2D eigenvalue weighted by Crippen LogP contribution is -2.29. The maximum absolute atomic E-state index is 13.0. The zero-order valence-electron chi connectivity index (χ0n) is 13.1. The highest BCUT2D eigenvalue weighted by atomic mass is 35.5. The van der Waals surface area contributed by atoms with E-state index in [1.165, 1.54) is 43.3 Å². The molecular weight excluding hydrogens is 356 g/mol. The molecule has 1 atom stereocenters. The van der Waals surface area contributed by atoms with Gasteiger partial charge in [0, 0.05) is 5.69 Å². The highest BCUT2D eigenvalue weighted by Crippen LogP contribution is 2.19. The number of carbonyl (C=O) groups is 2. The number of anilines is 1. The van der Waals surface area contributed by atoms with E-state index >= 15 is 0 Å². The molecule has 2 aromatic carbocycles.